The molecule has 2 aromatic rings. The third-order valence-electron chi connectivity index (χ3n) is 4.34. The number of benzene rings is 1. The molecule has 7 heteroatoms. The van der Waals surface area contributed by atoms with E-state index in [-0.39, 0.29) is 18.1 Å². The molecule has 1 aromatic carbocycles. The van der Waals surface area contributed by atoms with Crippen molar-refractivity contribution in [2.75, 3.05) is 31.1 Å². The van der Waals surface area contributed by atoms with Crippen molar-refractivity contribution in [1.29, 1.82) is 0 Å². The maximum atomic E-state index is 13.7. The van der Waals surface area contributed by atoms with Gasteiger partial charge in [-0.25, -0.2) is 4.39 Å². The smallest absolute Gasteiger partial charge is 0.252 e. The Morgan fingerprint density at radius 2 is 1.84 bits per heavy atom. The van der Waals surface area contributed by atoms with Gasteiger partial charge in [-0.2, -0.15) is 0 Å². The van der Waals surface area contributed by atoms with Crippen LogP contribution in [0.1, 0.15) is 15.9 Å². The van der Waals surface area contributed by atoms with Crippen molar-refractivity contribution < 1.29 is 14.0 Å². The first-order valence-electron chi connectivity index (χ1n) is 8.06. The predicted molar refractivity (Wildman–Crippen MR) is 91.7 cm³/mol. The van der Waals surface area contributed by atoms with Crippen LogP contribution < -0.4 is 10.6 Å². The first-order chi connectivity index (χ1) is 12.1. The van der Waals surface area contributed by atoms with Crippen LogP contribution >= 0.6 is 0 Å². The molecule has 130 valence electrons. The average molecular weight is 342 g/mol. The molecule has 0 atom stereocenters. The summed E-state index contributed by atoms with van der Waals surface area (Å²) in [5, 5.41) is 0. The number of hydrogen-bond acceptors (Lipinski definition) is 4. The minimum atomic E-state index is -0.527. The summed E-state index contributed by atoms with van der Waals surface area (Å²) in [4.78, 5) is 31.6. The van der Waals surface area contributed by atoms with E-state index in [1.54, 1.807) is 35.4 Å². The van der Waals surface area contributed by atoms with Gasteiger partial charge >= 0.3 is 0 Å². The number of primary amides is 1. The van der Waals surface area contributed by atoms with Crippen LogP contribution in [0.5, 0.6) is 0 Å². The van der Waals surface area contributed by atoms with Crippen LogP contribution in [0.2, 0.25) is 0 Å². The van der Waals surface area contributed by atoms with E-state index < -0.39 is 5.91 Å². The molecular formula is C18H19FN4O2. The lowest BCUT2D eigenvalue weighted by atomic mass is 10.1. The van der Waals surface area contributed by atoms with Gasteiger partial charge in [-0.15, -0.1) is 0 Å². The number of anilines is 1. The van der Waals surface area contributed by atoms with Crippen LogP contribution in [-0.4, -0.2) is 47.9 Å². The zero-order valence-corrected chi connectivity index (χ0v) is 13.7. The number of carbonyl (C=O) groups excluding carboxylic acids is 2. The third kappa shape index (κ3) is 3.76. The van der Waals surface area contributed by atoms with Gasteiger partial charge in [0, 0.05) is 38.6 Å². The molecule has 2 amide bonds. The van der Waals surface area contributed by atoms with E-state index in [1.165, 1.54) is 12.3 Å². The predicted octanol–water partition coefficient (Wildman–Crippen LogP) is 1.21. The lowest BCUT2D eigenvalue weighted by molar-refractivity contribution is -0.130. The van der Waals surface area contributed by atoms with Crippen molar-refractivity contribution >= 4 is 17.5 Å². The van der Waals surface area contributed by atoms with E-state index >= 15 is 0 Å². The second-order valence-electron chi connectivity index (χ2n) is 5.89. The van der Waals surface area contributed by atoms with Gasteiger partial charge in [0.1, 0.15) is 5.82 Å². The van der Waals surface area contributed by atoms with Gasteiger partial charge < -0.3 is 15.5 Å². The highest BCUT2D eigenvalue weighted by molar-refractivity contribution is 5.98. The standard InChI is InChI=1S/C18H19FN4O2/c19-15-4-2-1-3-13(15)11-17(24)23-9-7-22(8-10-23)16-5-6-21-12-14(16)18(20)25/h1-6,12H,7-11H2,(H2,20,25). The second kappa shape index (κ2) is 7.29. The van der Waals surface area contributed by atoms with E-state index in [4.69, 9.17) is 5.73 Å². The Morgan fingerprint density at radius 1 is 1.12 bits per heavy atom. The Hall–Kier alpha value is -2.96. The Bertz CT molecular complexity index is 788. The van der Waals surface area contributed by atoms with E-state index in [0.29, 0.717) is 37.3 Å². The Balaban J connectivity index is 1.63. The number of pyridine rings is 1. The molecule has 0 aliphatic carbocycles. The second-order valence-corrected chi connectivity index (χ2v) is 5.89. The van der Waals surface area contributed by atoms with Gasteiger partial charge in [0.2, 0.25) is 5.91 Å². The monoisotopic (exact) mass is 342 g/mol. The van der Waals surface area contributed by atoms with Crippen LogP contribution in [0, 0.1) is 5.82 Å². The van der Waals surface area contributed by atoms with E-state index in [9.17, 15) is 14.0 Å². The summed E-state index contributed by atoms with van der Waals surface area (Å²) in [6.07, 6.45) is 3.11. The normalized spacial score (nSPS) is 14.4. The first kappa shape index (κ1) is 16.9. The van der Waals surface area contributed by atoms with Crippen molar-refractivity contribution in [3.05, 3.63) is 59.7 Å². The summed E-state index contributed by atoms with van der Waals surface area (Å²) in [7, 11) is 0. The topological polar surface area (TPSA) is 79.5 Å². The van der Waals surface area contributed by atoms with Crippen molar-refractivity contribution in [2.24, 2.45) is 5.73 Å². The van der Waals surface area contributed by atoms with Gasteiger partial charge in [0.05, 0.1) is 17.7 Å². The van der Waals surface area contributed by atoms with E-state index in [2.05, 4.69) is 4.98 Å². The summed E-state index contributed by atoms with van der Waals surface area (Å²) in [5.41, 5.74) is 6.89. The quantitative estimate of drug-likeness (QED) is 0.906. The average Bonchev–Trinajstić information content (AvgIpc) is 2.63. The molecule has 1 saturated heterocycles. The Morgan fingerprint density at radius 3 is 2.52 bits per heavy atom. The first-order valence-corrected chi connectivity index (χ1v) is 8.06. The van der Waals surface area contributed by atoms with Crippen LogP contribution in [0.15, 0.2) is 42.7 Å². The molecule has 0 spiro atoms. The zero-order chi connectivity index (χ0) is 17.8. The highest BCUT2D eigenvalue weighted by Crippen LogP contribution is 2.21. The number of amides is 2. The molecule has 2 N–H and O–H groups in total. The van der Waals surface area contributed by atoms with Crippen molar-refractivity contribution in [3.8, 4) is 0 Å². The van der Waals surface area contributed by atoms with E-state index in [0.717, 1.165) is 5.69 Å². The maximum Gasteiger partial charge on any atom is 0.252 e. The maximum absolute atomic E-state index is 13.7. The summed E-state index contributed by atoms with van der Waals surface area (Å²) in [5.74, 6) is -0.992. The van der Waals surface area contributed by atoms with Crippen molar-refractivity contribution in [3.63, 3.8) is 0 Å². The molecule has 25 heavy (non-hydrogen) atoms. The lowest BCUT2D eigenvalue weighted by Crippen LogP contribution is -2.49. The highest BCUT2D eigenvalue weighted by Gasteiger charge is 2.24. The molecule has 0 radical (unpaired) electrons. The number of piperazine rings is 1. The molecular weight excluding hydrogens is 323 g/mol. The molecule has 0 bridgehead atoms. The van der Waals surface area contributed by atoms with Crippen LogP contribution in [0.25, 0.3) is 0 Å². The number of aromatic nitrogens is 1. The molecule has 0 unspecified atom stereocenters. The molecule has 1 aromatic heterocycles. The molecule has 6 nitrogen and oxygen atoms in total. The fourth-order valence-corrected chi connectivity index (χ4v) is 2.97. The minimum absolute atomic E-state index is 0.0501. The zero-order valence-electron chi connectivity index (χ0n) is 13.7. The van der Waals surface area contributed by atoms with Crippen molar-refractivity contribution in [2.45, 2.75) is 6.42 Å². The largest absolute Gasteiger partial charge is 0.367 e. The van der Waals surface area contributed by atoms with Gasteiger partial charge in [0.25, 0.3) is 5.91 Å². The fourth-order valence-electron chi connectivity index (χ4n) is 2.97. The molecule has 1 aliphatic rings. The number of halogens is 1. The summed E-state index contributed by atoms with van der Waals surface area (Å²) >= 11 is 0. The molecule has 1 fully saturated rings. The van der Waals surface area contributed by atoms with Gasteiger partial charge in [-0.05, 0) is 17.7 Å². The van der Waals surface area contributed by atoms with Crippen LogP contribution in [0.4, 0.5) is 10.1 Å². The molecule has 2 heterocycles. The third-order valence-corrected chi connectivity index (χ3v) is 4.34. The van der Waals surface area contributed by atoms with Crippen LogP contribution in [-0.2, 0) is 11.2 Å². The number of carbonyl (C=O) groups is 2. The number of nitrogens with two attached hydrogens (primary N) is 1. The fraction of sp³-hybridized carbons (Fsp3) is 0.278. The summed E-state index contributed by atoms with van der Waals surface area (Å²) < 4.78 is 13.7. The van der Waals surface area contributed by atoms with Crippen molar-refractivity contribution in [1.82, 2.24) is 9.88 Å². The van der Waals surface area contributed by atoms with Gasteiger partial charge in [-0.1, -0.05) is 18.2 Å². The number of nitrogens with zero attached hydrogens (tertiary/aromatic N) is 3. The van der Waals surface area contributed by atoms with Gasteiger partial charge in [-0.3, -0.25) is 14.6 Å². The SMILES string of the molecule is NC(=O)c1cnccc1N1CCN(C(=O)Cc2ccccc2F)CC1. The number of rotatable bonds is 4. The number of hydrogen-bond donors (Lipinski definition) is 1. The van der Waals surface area contributed by atoms with Crippen LogP contribution in [0.3, 0.4) is 0 Å². The van der Waals surface area contributed by atoms with E-state index in [1.807, 2.05) is 4.90 Å². The lowest BCUT2D eigenvalue weighted by Gasteiger charge is -2.36. The Kier molecular flexibility index (Phi) is 4.92. The summed E-state index contributed by atoms with van der Waals surface area (Å²) in [6, 6.07) is 8.05. The minimum Gasteiger partial charge on any atom is -0.367 e. The Labute approximate surface area is 145 Å². The molecule has 1 aliphatic heterocycles. The van der Waals surface area contributed by atoms with Gasteiger partial charge in [0.15, 0.2) is 0 Å². The molecule has 3 rings (SSSR count). The summed E-state index contributed by atoms with van der Waals surface area (Å²) in [6.45, 7) is 2.17. The highest BCUT2D eigenvalue weighted by atomic mass is 19.1. The molecule has 0 saturated carbocycles.